The zero-order valence-electron chi connectivity index (χ0n) is 8.63. The van der Waals surface area contributed by atoms with E-state index in [1.807, 2.05) is 0 Å². The summed E-state index contributed by atoms with van der Waals surface area (Å²) < 4.78 is 13.8. The number of phenols is 2. The van der Waals surface area contributed by atoms with E-state index in [0.717, 1.165) is 31.9 Å². The first-order valence-electron chi connectivity index (χ1n) is 5.24. The highest BCUT2D eigenvalue weighted by atomic mass is 35.5. The van der Waals surface area contributed by atoms with E-state index in [2.05, 4.69) is 5.32 Å². The van der Waals surface area contributed by atoms with Gasteiger partial charge in [0.05, 0.1) is 10.6 Å². The number of phenolic OH excluding ortho intramolecular Hbond substituents is 2. The number of hydrogen-bond acceptors (Lipinski definition) is 3. The molecule has 0 aromatic heterocycles. The second-order valence-electron chi connectivity index (χ2n) is 3.96. The molecule has 16 heavy (non-hydrogen) atoms. The van der Waals surface area contributed by atoms with Gasteiger partial charge < -0.3 is 15.5 Å². The molecule has 1 unspecified atom stereocenters. The fourth-order valence-corrected chi connectivity index (χ4v) is 2.24. The molecule has 0 amide bonds. The number of hydrogen-bond donors (Lipinski definition) is 3. The summed E-state index contributed by atoms with van der Waals surface area (Å²) in [4.78, 5) is 0. The van der Waals surface area contributed by atoms with E-state index < -0.39 is 11.6 Å². The number of aromatic hydroxyl groups is 2. The van der Waals surface area contributed by atoms with Gasteiger partial charge in [-0.2, -0.15) is 0 Å². The molecule has 0 saturated carbocycles. The first-order chi connectivity index (χ1) is 7.61. The van der Waals surface area contributed by atoms with Crippen LogP contribution in [0.25, 0.3) is 0 Å². The van der Waals surface area contributed by atoms with E-state index in [1.54, 1.807) is 0 Å². The maximum absolute atomic E-state index is 13.8. The summed E-state index contributed by atoms with van der Waals surface area (Å²) in [6.07, 6.45) is 2.72. The van der Waals surface area contributed by atoms with Crippen LogP contribution in [0.4, 0.5) is 4.39 Å². The standard InChI is InChI=1S/C11H13ClFNO2/c12-6-5-8(15)11(16)9(10(6)13)7-3-1-2-4-14-7/h5,7,14-16H,1-4H2. The highest BCUT2D eigenvalue weighted by Gasteiger charge is 2.25. The lowest BCUT2D eigenvalue weighted by Gasteiger charge is -2.25. The lowest BCUT2D eigenvalue weighted by molar-refractivity contribution is 0.357. The van der Waals surface area contributed by atoms with Crippen LogP contribution in [0.1, 0.15) is 30.9 Å². The lowest BCUT2D eigenvalue weighted by atomic mass is 9.96. The van der Waals surface area contributed by atoms with Gasteiger partial charge in [-0.1, -0.05) is 18.0 Å². The summed E-state index contributed by atoms with van der Waals surface area (Å²) in [7, 11) is 0. The molecule has 1 aromatic carbocycles. The van der Waals surface area contributed by atoms with Crippen LogP contribution in [0, 0.1) is 5.82 Å². The van der Waals surface area contributed by atoms with Gasteiger partial charge in [-0.25, -0.2) is 4.39 Å². The maximum atomic E-state index is 13.8. The van der Waals surface area contributed by atoms with Crippen LogP contribution in [0.3, 0.4) is 0 Å². The minimum atomic E-state index is -0.656. The molecule has 0 spiro atoms. The van der Waals surface area contributed by atoms with Crippen molar-refractivity contribution in [3.8, 4) is 11.5 Å². The zero-order chi connectivity index (χ0) is 11.7. The molecule has 0 aliphatic carbocycles. The summed E-state index contributed by atoms with van der Waals surface area (Å²) in [6, 6.07) is 0.733. The van der Waals surface area contributed by atoms with E-state index in [-0.39, 0.29) is 22.4 Å². The first kappa shape index (κ1) is 11.5. The molecule has 1 aromatic rings. The van der Waals surface area contributed by atoms with Gasteiger partial charge >= 0.3 is 0 Å². The summed E-state index contributed by atoms with van der Waals surface area (Å²) in [5.74, 6) is -1.45. The van der Waals surface area contributed by atoms with Gasteiger partial charge in [-0.05, 0) is 19.4 Å². The topological polar surface area (TPSA) is 52.5 Å². The molecule has 1 aliphatic heterocycles. The predicted molar refractivity (Wildman–Crippen MR) is 59.3 cm³/mol. The lowest BCUT2D eigenvalue weighted by Crippen LogP contribution is -2.27. The van der Waals surface area contributed by atoms with Crippen molar-refractivity contribution < 1.29 is 14.6 Å². The molecule has 0 bridgehead atoms. The molecule has 3 N–H and O–H groups in total. The van der Waals surface area contributed by atoms with Crippen molar-refractivity contribution in [2.45, 2.75) is 25.3 Å². The Hall–Kier alpha value is -1.00. The zero-order valence-corrected chi connectivity index (χ0v) is 9.39. The summed E-state index contributed by atoms with van der Waals surface area (Å²) in [5.41, 5.74) is 0.0738. The predicted octanol–water partition coefficient (Wildman–Crippen LogP) is 2.70. The molecule has 1 atom stereocenters. The second kappa shape index (κ2) is 4.47. The third kappa shape index (κ3) is 1.95. The molecule has 0 radical (unpaired) electrons. The monoisotopic (exact) mass is 245 g/mol. The molecule has 1 aliphatic rings. The Balaban J connectivity index is 2.45. The molecule has 2 rings (SSSR count). The minimum Gasteiger partial charge on any atom is -0.504 e. The van der Waals surface area contributed by atoms with Crippen molar-refractivity contribution in [2.75, 3.05) is 6.54 Å². The Morgan fingerprint density at radius 3 is 2.75 bits per heavy atom. The number of nitrogens with one attached hydrogen (secondary N) is 1. The SMILES string of the molecule is Oc1cc(Cl)c(F)c(C2CCCCN2)c1O. The fourth-order valence-electron chi connectivity index (χ4n) is 2.04. The van der Waals surface area contributed by atoms with Crippen LogP contribution < -0.4 is 5.32 Å². The van der Waals surface area contributed by atoms with Crippen molar-refractivity contribution in [1.29, 1.82) is 0 Å². The molecule has 1 fully saturated rings. The number of halogens is 2. The number of rotatable bonds is 1. The quantitative estimate of drug-likeness (QED) is 0.667. The van der Waals surface area contributed by atoms with Crippen LogP contribution in [-0.4, -0.2) is 16.8 Å². The third-order valence-corrected chi connectivity index (χ3v) is 3.14. The molecular formula is C11H13ClFNO2. The van der Waals surface area contributed by atoms with Gasteiger partial charge in [0, 0.05) is 12.1 Å². The minimum absolute atomic E-state index is 0.0738. The van der Waals surface area contributed by atoms with Gasteiger partial charge in [-0.15, -0.1) is 0 Å². The van der Waals surface area contributed by atoms with Crippen LogP contribution in [0.15, 0.2) is 6.07 Å². The van der Waals surface area contributed by atoms with Crippen LogP contribution in [0.5, 0.6) is 11.5 Å². The Morgan fingerprint density at radius 2 is 2.12 bits per heavy atom. The van der Waals surface area contributed by atoms with Crippen LogP contribution in [0.2, 0.25) is 5.02 Å². The molecule has 88 valence electrons. The maximum Gasteiger partial charge on any atom is 0.165 e. The number of benzene rings is 1. The van der Waals surface area contributed by atoms with Crippen LogP contribution in [-0.2, 0) is 0 Å². The van der Waals surface area contributed by atoms with Crippen LogP contribution >= 0.6 is 11.6 Å². The Labute approximate surface area is 97.9 Å². The molecular weight excluding hydrogens is 233 g/mol. The highest BCUT2D eigenvalue weighted by Crippen LogP contribution is 2.40. The molecule has 5 heteroatoms. The van der Waals surface area contributed by atoms with E-state index in [9.17, 15) is 14.6 Å². The normalized spacial score (nSPS) is 21.0. The first-order valence-corrected chi connectivity index (χ1v) is 5.62. The summed E-state index contributed by atoms with van der Waals surface area (Å²) in [6.45, 7) is 0.775. The van der Waals surface area contributed by atoms with Crippen molar-refractivity contribution in [3.05, 3.63) is 22.5 Å². The van der Waals surface area contributed by atoms with Gasteiger partial charge in [0.1, 0.15) is 0 Å². The van der Waals surface area contributed by atoms with E-state index in [0.29, 0.717) is 0 Å². The summed E-state index contributed by atoms with van der Waals surface area (Å²) in [5, 5.41) is 22.0. The van der Waals surface area contributed by atoms with Crippen molar-refractivity contribution >= 4 is 11.6 Å². The van der Waals surface area contributed by atoms with Crippen molar-refractivity contribution in [1.82, 2.24) is 5.32 Å². The van der Waals surface area contributed by atoms with Gasteiger partial charge in [-0.3, -0.25) is 0 Å². The van der Waals surface area contributed by atoms with Gasteiger partial charge in [0.2, 0.25) is 0 Å². The van der Waals surface area contributed by atoms with Crippen molar-refractivity contribution in [3.63, 3.8) is 0 Å². The summed E-state index contributed by atoms with van der Waals surface area (Å²) >= 11 is 5.64. The Bertz CT molecular complexity index is 379. The fraction of sp³-hybridized carbons (Fsp3) is 0.455. The smallest absolute Gasteiger partial charge is 0.165 e. The molecule has 1 saturated heterocycles. The van der Waals surface area contributed by atoms with Gasteiger partial charge in [0.15, 0.2) is 17.3 Å². The number of piperidine rings is 1. The average molecular weight is 246 g/mol. The van der Waals surface area contributed by atoms with E-state index in [4.69, 9.17) is 11.6 Å². The molecule has 1 heterocycles. The van der Waals surface area contributed by atoms with Crippen molar-refractivity contribution in [2.24, 2.45) is 0 Å². The average Bonchev–Trinajstić information content (AvgIpc) is 2.28. The third-order valence-electron chi connectivity index (χ3n) is 2.87. The largest absolute Gasteiger partial charge is 0.504 e. The Morgan fingerprint density at radius 1 is 1.38 bits per heavy atom. The van der Waals surface area contributed by atoms with Gasteiger partial charge in [0.25, 0.3) is 0 Å². The van der Waals surface area contributed by atoms with E-state index in [1.165, 1.54) is 0 Å². The highest BCUT2D eigenvalue weighted by molar-refractivity contribution is 6.31. The second-order valence-corrected chi connectivity index (χ2v) is 4.36. The Kier molecular flexibility index (Phi) is 3.21. The van der Waals surface area contributed by atoms with E-state index >= 15 is 0 Å². The molecule has 3 nitrogen and oxygen atoms in total.